The first kappa shape index (κ1) is 12.2. The zero-order valence-corrected chi connectivity index (χ0v) is 11.6. The van der Waals surface area contributed by atoms with Crippen molar-refractivity contribution in [3.63, 3.8) is 0 Å². The van der Waals surface area contributed by atoms with Crippen molar-refractivity contribution in [3.8, 4) is 0 Å². The maximum atomic E-state index is 4.69. The van der Waals surface area contributed by atoms with Crippen molar-refractivity contribution in [1.29, 1.82) is 0 Å². The van der Waals surface area contributed by atoms with Gasteiger partial charge in [-0.05, 0) is 0 Å². The van der Waals surface area contributed by atoms with Gasteiger partial charge in [0.2, 0.25) is 5.95 Å². The number of imidazole rings is 1. The van der Waals surface area contributed by atoms with E-state index in [9.17, 15) is 0 Å². The molecule has 0 unspecified atom stereocenters. The Morgan fingerprint density at radius 2 is 1.95 bits per heavy atom. The quantitative estimate of drug-likeness (QED) is 0.810. The summed E-state index contributed by atoms with van der Waals surface area (Å²) < 4.78 is 2.00. The van der Waals surface area contributed by atoms with Gasteiger partial charge in [-0.2, -0.15) is 0 Å². The number of nitrogens with one attached hydrogen (secondary N) is 1. The molecule has 0 saturated carbocycles. The minimum absolute atomic E-state index is 0.882. The summed E-state index contributed by atoms with van der Waals surface area (Å²) in [7, 11) is 5.96. The molecule has 102 valence electrons. The Labute approximate surface area is 112 Å². The number of aromatic nitrogens is 4. The van der Waals surface area contributed by atoms with Crippen molar-refractivity contribution in [2.24, 2.45) is 7.05 Å². The van der Waals surface area contributed by atoms with Crippen LogP contribution in [0.3, 0.4) is 0 Å². The third-order valence-corrected chi connectivity index (χ3v) is 3.43. The molecule has 2 aromatic heterocycles. The summed E-state index contributed by atoms with van der Waals surface area (Å²) in [5.74, 6) is 1.84. The number of nitrogens with zero attached hydrogens (tertiary/aromatic N) is 6. The van der Waals surface area contributed by atoms with Crippen molar-refractivity contribution in [3.05, 3.63) is 6.33 Å². The lowest BCUT2D eigenvalue weighted by molar-refractivity contribution is 0.586. The van der Waals surface area contributed by atoms with Crippen LogP contribution in [0.5, 0.6) is 0 Å². The summed E-state index contributed by atoms with van der Waals surface area (Å²) in [5.41, 5.74) is 1.77. The standard InChI is InChI=1S/C12H19N7/c1-17(2)12-16-9-10(18(12)3)14-8-15-11(9)19-6-4-13-5-7-19/h8,13H,4-7H2,1-3H3. The Balaban J connectivity index is 2.12. The molecule has 1 saturated heterocycles. The summed E-state index contributed by atoms with van der Waals surface area (Å²) in [6.45, 7) is 3.89. The maximum absolute atomic E-state index is 4.69. The lowest BCUT2D eigenvalue weighted by Crippen LogP contribution is -2.44. The molecule has 19 heavy (non-hydrogen) atoms. The maximum Gasteiger partial charge on any atom is 0.207 e. The van der Waals surface area contributed by atoms with Gasteiger partial charge in [-0.15, -0.1) is 0 Å². The highest BCUT2D eigenvalue weighted by molar-refractivity contribution is 5.85. The first-order valence-electron chi connectivity index (χ1n) is 6.49. The Hall–Kier alpha value is -1.89. The minimum Gasteiger partial charge on any atom is -0.352 e. The van der Waals surface area contributed by atoms with Gasteiger partial charge in [-0.25, -0.2) is 15.0 Å². The van der Waals surface area contributed by atoms with Gasteiger partial charge in [0.05, 0.1) is 0 Å². The molecule has 0 aromatic carbocycles. The van der Waals surface area contributed by atoms with Gasteiger partial charge >= 0.3 is 0 Å². The minimum atomic E-state index is 0.882. The molecule has 3 rings (SSSR count). The average molecular weight is 261 g/mol. The number of aryl methyl sites for hydroxylation is 1. The van der Waals surface area contributed by atoms with Crippen LogP contribution in [0.25, 0.3) is 11.2 Å². The van der Waals surface area contributed by atoms with Crippen LogP contribution in [-0.2, 0) is 7.05 Å². The fourth-order valence-corrected chi connectivity index (χ4v) is 2.48. The van der Waals surface area contributed by atoms with Gasteiger partial charge in [-0.1, -0.05) is 0 Å². The van der Waals surface area contributed by atoms with Crippen LogP contribution in [-0.4, -0.2) is 59.8 Å². The Kier molecular flexibility index (Phi) is 2.98. The first-order chi connectivity index (χ1) is 9.18. The highest BCUT2D eigenvalue weighted by Crippen LogP contribution is 2.25. The van der Waals surface area contributed by atoms with Crippen molar-refractivity contribution < 1.29 is 0 Å². The molecule has 0 aliphatic carbocycles. The molecule has 1 N–H and O–H groups in total. The van der Waals surface area contributed by atoms with Crippen LogP contribution in [0.4, 0.5) is 11.8 Å². The van der Waals surface area contributed by atoms with Gasteiger partial charge in [0.25, 0.3) is 0 Å². The zero-order chi connectivity index (χ0) is 13.4. The van der Waals surface area contributed by atoms with E-state index in [4.69, 9.17) is 0 Å². The highest BCUT2D eigenvalue weighted by atomic mass is 15.3. The SMILES string of the molecule is CN(C)c1nc2c(N3CCNCC3)ncnc2n1C. The van der Waals surface area contributed by atoms with E-state index in [2.05, 4.69) is 25.2 Å². The van der Waals surface area contributed by atoms with E-state index in [-0.39, 0.29) is 0 Å². The number of fused-ring (bicyclic) bond motifs is 1. The molecular formula is C12H19N7. The topological polar surface area (TPSA) is 62.1 Å². The molecule has 0 radical (unpaired) electrons. The zero-order valence-electron chi connectivity index (χ0n) is 11.6. The molecule has 1 fully saturated rings. The predicted molar refractivity (Wildman–Crippen MR) is 75.7 cm³/mol. The van der Waals surface area contributed by atoms with Crippen LogP contribution >= 0.6 is 0 Å². The van der Waals surface area contributed by atoms with Crippen LogP contribution in [0, 0.1) is 0 Å². The molecule has 7 heteroatoms. The van der Waals surface area contributed by atoms with Crippen LogP contribution in [0.15, 0.2) is 6.33 Å². The summed E-state index contributed by atoms with van der Waals surface area (Å²) in [5, 5.41) is 3.35. The molecule has 2 aromatic rings. The molecule has 0 spiro atoms. The average Bonchev–Trinajstić information content (AvgIpc) is 2.78. The summed E-state index contributed by atoms with van der Waals surface area (Å²) in [6.07, 6.45) is 1.63. The number of hydrogen-bond donors (Lipinski definition) is 1. The largest absolute Gasteiger partial charge is 0.352 e. The second kappa shape index (κ2) is 4.65. The number of piperazine rings is 1. The molecule has 3 heterocycles. The van der Waals surface area contributed by atoms with E-state index >= 15 is 0 Å². The van der Waals surface area contributed by atoms with Crippen molar-refractivity contribution >= 4 is 22.9 Å². The molecule has 0 amide bonds. The molecular weight excluding hydrogens is 242 g/mol. The van der Waals surface area contributed by atoms with E-state index in [1.54, 1.807) is 6.33 Å². The van der Waals surface area contributed by atoms with Gasteiger partial charge < -0.3 is 15.1 Å². The molecule has 1 aliphatic rings. The Bertz CT molecular complexity index is 583. The lowest BCUT2D eigenvalue weighted by atomic mass is 10.3. The third kappa shape index (κ3) is 1.99. The van der Waals surface area contributed by atoms with Crippen molar-refractivity contribution in [2.45, 2.75) is 0 Å². The highest BCUT2D eigenvalue weighted by Gasteiger charge is 2.19. The second-order valence-corrected chi connectivity index (χ2v) is 4.97. The first-order valence-corrected chi connectivity index (χ1v) is 6.49. The Morgan fingerprint density at radius 1 is 1.21 bits per heavy atom. The molecule has 0 atom stereocenters. The second-order valence-electron chi connectivity index (χ2n) is 4.97. The third-order valence-electron chi connectivity index (χ3n) is 3.43. The summed E-state index contributed by atoms with van der Waals surface area (Å²) in [6, 6.07) is 0. The van der Waals surface area contributed by atoms with E-state index in [0.29, 0.717) is 0 Å². The molecule has 1 aliphatic heterocycles. The van der Waals surface area contributed by atoms with Crippen LogP contribution in [0.1, 0.15) is 0 Å². The predicted octanol–water partition coefficient (Wildman–Crippen LogP) is -0.161. The van der Waals surface area contributed by atoms with Gasteiger partial charge in [0.1, 0.15) is 6.33 Å². The van der Waals surface area contributed by atoms with Gasteiger partial charge in [0, 0.05) is 47.3 Å². The molecule has 0 bridgehead atoms. The van der Waals surface area contributed by atoms with E-state index in [0.717, 1.165) is 49.1 Å². The van der Waals surface area contributed by atoms with Crippen LogP contribution < -0.4 is 15.1 Å². The fraction of sp³-hybridized carbons (Fsp3) is 0.583. The van der Waals surface area contributed by atoms with E-state index < -0.39 is 0 Å². The summed E-state index contributed by atoms with van der Waals surface area (Å²) in [4.78, 5) is 17.7. The van der Waals surface area contributed by atoms with Gasteiger partial charge in [-0.3, -0.25) is 4.57 Å². The van der Waals surface area contributed by atoms with E-state index in [1.807, 2.05) is 30.6 Å². The van der Waals surface area contributed by atoms with Crippen LogP contribution in [0.2, 0.25) is 0 Å². The monoisotopic (exact) mass is 261 g/mol. The van der Waals surface area contributed by atoms with Crippen molar-refractivity contribution in [1.82, 2.24) is 24.8 Å². The fourth-order valence-electron chi connectivity index (χ4n) is 2.48. The van der Waals surface area contributed by atoms with Crippen molar-refractivity contribution in [2.75, 3.05) is 50.1 Å². The molecule has 7 nitrogen and oxygen atoms in total. The number of rotatable bonds is 2. The number of anilines is 2. The van der Waals surface area contributed by atoms with E-state index in [1.165, 1.54) is 0 Å². The number of hydrogen-bond acceptors (Lipinski definition) is 6. The normalized spacial score (nSPS) is 16.1. The van der Waals surface area contributed by atoms with Gasteiger partial charge in [0.15, 0.2) is 17.0 Å². The Morgan fingerprint density at radius 3 is 2.63 bits per heavy atom. The summed E-state index contributed by atoms with van der Waals surface area (Å²) >= 11 is 0. The smallest absolute Gasteiger partial charge is 0.207 e. The lowest BCUT2D eigenvalue weighted by Gasteiger charge is -2.28.